The zero-order valence-electron chi connectivity index (χ0n) is 10.2. The highest BCUT2D eigenvalue weighted by atomic mass is 35.5. The molecule has 0 bridgehead atoms. The number of carbonyl (C=O) groups is 1. The number of halogens is 2. The van der Waals surface area contributed by atoms with E-state index in [0.29, 0.717) is 36.2 Å². The molecule has 0 spiro atoms. The van der Waals surface area contributed by atoms with Gasteiger partial charge in [-0.05, 0) is 30.7 Å². The van der Waals surface area contributed by atoms with Gasteiger partial charge >= 0.3 is 0 Å². The lowest BCUT2D eigenvalue weighted by Crippen LogP contribution is -2.49. The van der Waals surface area contributed by atoms with E-state index >= 15 is 0 Å². The number of hydrogen-bond donors (Lipinski definition) is 0. The first kappa shape index (κ1) is 13.7. The maximum atomic E-state index is 12.4. The summed E-state index contributed by atoms with van der Waals surface area (Å²) in [5.41, 5.74) is 1.55. The van der Waals surface area contributed by atoms with Gasteiger partial charge in [-0.2, -0.15) is 0 Å². The van der Waals surface area contributed by atoms with Crippen LogP contribution in [0.25, 0.3) is 0 Å². The van der Waals surface area contributed by atoms with Crippen LogP contribution in [0.4, 0.5) is 0 Å². The summed E-state index contributed by atoms with van der Waals surface area (Å²) in [5.74, 6) is 0.377. The van der Waals surface area contributed by atoms with Crippen LogP contribution in [-0.2, 0) is 4.74 Å². The highest BCUT2D eigenvalue weighted by Gasteiger charge is 2.27. The predicted molar refractivity (Wildman–Crippen MR) is 72.6 cm³/mol. The van der Waals surface area contributed by atoms with Crippen LogP contribution in [0, 0.1) is 6.92 Å². The summed E-state index contributed by atoms with van der Waals surface area (Å²) < 4.78 is 5.33. The number of nitrogens with zero attached hydrogens (tertiary/aromatic N) is 1. The maximum Gasteiger partial charge on any atom is 0.254 e. The lowest BCUT2D eigenvalue weighted by Gasteiger charge is -2.34. The molecule has 0 N–H and O–H groups in total. The van der Waals surface area contributed by atoms with Crippen LogP contribution in [0.2, 0.25) is 5.02 Å². The molecule has 0 aromatic heterocycles. The third-order valence-electron chi connectivity index (χ3n) is 3.07. The first-order valence-corrected chi connectivity index (χ1v) is 6.75. The van der Waals surface area contributed by atoms with Crippen LogP contribution in [-0.4, -0.2) is 42.5 Å². The molecular weight excluding hydrogens is 273 g/mol. The van der Waals surface area contributed by atoms with E-state index in [9.17, 15) is 4.79 Å². The van der Waals surface area contributed by atoms with Gasteiger partial charge < -0.3 is 9.64 Å². The number of morpholine rings is 1. The molecule has 1 fully saturated rings. The van der Waals surface area contributed by atoms with Crippen molar-refractivity contribution in [3.8, 4) is 0 Å². The molecule has 5 heteroatoms. The first-order chi connectivity index (χ1) is 8.63. The summed E-state index contributed by atoms with van der Waals surface area (Å²) in [6.45, 7) is 3.53. The van der Waals surface area contributed by atoms with Crippen LogP contribution in [0.3, 0.4) is 0 Å². The van der Waals surface area contributed by atoms with Crippen molar-refractivity contribution >= 4 is 29.1 Å². The van der Waals surface area contributed by atoms with Gasteiger partial charge in [0.05, 0.1) is 19.3 Å². The van der Waals surface area contributed by atoms with Crippen molar-refractivity contribution in [2.24, 2.45) is 0 Å². The minimum atomic E-state index is -0.0519. The standard InChI is InChI=1S/C13H15Cl2NO2/c1-9-6-10(2-3-12(9)15)13(17)16-4-5-18-8-11(16)7-14/h2-3,6,11H,4-5,7-8H2,1H3. The third-order valence-corrected chi connectivity index (χ3v) is 3.85. The van der Waals surface area contributed by atoms with Crippen LogP contribution < -0.4 is 0 Å². The lowest BCUT2D eigenvalue weighted by atomic mass is 10.1. The zero-order chi connectivity index (χ0) is 13.1. The van der Waals surface area contributed by atoms with Crippen LogP contribution >= 0.6 is 23.2 Å². The van der Waals surface area contributed by atoms with E-state index in [-0.39, 0.29) is 11.9 Å². The number of carbonyl (C=O) groups excluding carboxylic acids is 1. The molecule has 3 nitrogen and oxygen atoms in total. The molecule has 0 saturated carbocycles. The molecule has 2 rings (SSSR count). The summed E-state index contributed by atoms with van der Waals surface area (Å²) in [5, 5.41) is 0.669. The fraction of sp³-hybridized carbons (Fsp3) is 0.462. The molecule has 1 aromatic carbocycles. The average molecular weight is 288 g/mol. The smallest absolute Gasteiger partial charge is 0.254 e. The van der Waals surface area contributed by atoms with E-state index in [1.165, 1.54) is 0 Å². The molecule has 0 radical (unpaired) electrons. The van der Waals surface area contributed by atoms with Gasteiger partial charge in [-0.25, -0.2) is 0 Å². The van der Waals surface area contributed by atoms with Crippen molar-refractivity contribution < 1.29 is 9.53 Å². The Labute approximate surface area is 117 Å². The van der Waals surface area contributed by atoms with Crippen molar-refractivity contribution in [3.05, 3.63) is 34.3 Å². The Kier molecular flexibility index (Phi) is 4.49. The van der Waals surface area contributed by atoms with Crippen LogP contribution in [0.5, 0.6) is 0 Å². The molecule has 1 amide bonds. The van der Waals surface area contributed by atoms with Crippen molar-refractivity contribution in [2.45, 2.75) is 13.0 Å². The Hall–Kier alpha value is -0.770. The van der Waals surface area contributed by atoms with E-state index in [4.69, 9.17) is 27.9 Å². The molecule has 1 atom stereocenters. The molecule has 98 valence electrons. The molecule has 18 heavy (non-hydrogen) atoms. The van der Waals surface area contributed by atoms with Gasteiger partial charge in [0, 0.05) is 23.0 Å². The topological polar surface area (TPSA) is 29.5 Å². The SMILES string of the molecule is Cc1cc(C(=O)N2CCOCC2CCl)ccc1Cl. The highest BCUT2D eigenvalue weighted by molar-refractivity contribution is 6.31. The Morgan fingerprint density at radius 2 is 2.33 bits per heavy atom. The predicted octanol–water partition coefficient (Wildman–Crippen LogP) is 2.73. The van der Waals surface area contributed by atoms with Gasteiger partial charge in [0.2, 0.25) is 0 Å². The van der Waals surface area contributed by atoms with Gasteiger partial charge in [-0.1, -0.05) is 11.6 Å². The van der Waals surface area contributed by atoms with E-state index < -0.39 is 0 Å². The van der Waals surface area contributed by atoms with Crippen LogP contribution in [0.1, 0.15) is 15.9 Å². The zero-order valence-corrected chi connectivity index (χ0v) is 11.7. The normalized spacial score (nSPS) is 19.9. The summed E-state index contributed by atoms with van der Waals surface area (Å²) in [6.07, 6.45) is 0. The monoisotopic (exact) mass is 287 g/mol. The molecule has 1 aromatic rings. The molecule has 1 saturated heterocycles. The molecule has 1 unspecified atom stereocenters. The van der Waals surface area contributed by atoms with E-state index in [1.54, 1.807) is 17.0 Å². The Morgan fingerprint density at radius 3 is 3.00 bits per heavy atom. The summed E-state index contributed by atoms with van der Waals surface area (Å²) in [7, 11) is 0. The van der Waals surface area contributed by atoms with E-state index in [0.717, 1.165) is 5.56 Å². The highest BCUT2D eigenvalue weighted by Crippen LogP contribution is 2.19. The minimum Gasteiger partial charge on any atom is -0.377 e. The number of alkyl halides is 1. The Morgan fingerprint density at radius 1 is 1.56 bits per heavy atom. The molecule has 1 aliphatic heterocycles. The van der Waals surface area contributed by atoms with Crippen LogP contribution in [0.15, 0.2) is 18.2 Å². The van der Waals surface area contributed by atoms with Gasteiger partial charge in [0.1, 0.15) is 0 Å². The first-order valence-electron chi connectivity index (χ1n) is 5.84. The molecule has 0 aliphatic carbocycles. The second-order valence-electron chi connectivity index (χ2n) is 4.35. The summed E-state index contributed by atoms with van der Waals surface area (Å²) >= 11 is 11.8. The van der Waals surface area contributed by atoms with E-state index in [1.807, 2.05) is 13.0 Å². The van der Waals surface area contributed by atoms with Crippen molar-refractivity contribution in [3.63, 3.8) is 0 Å². The molecule has 1 heterocycles. The Balaban J connectivity index is 2.21. The second kappa shape index (κ2) is 5.91. The number of benzene rings is 1. The molecular formula is C13H15Cl2NO2. The van der Waals surface area contributed by atoms with Gasteiger partial charge in [-0.3, -0.25) is 4.79 Å². The lowest BCUT2D eigenvalue weighted by molar-refractivity contribution is 0.00456. The quantitative estimate of drug-likeness (QED) is 0.783. The fourth-order valence-corrected chi connectivity index (χ4v) is 2.37. The number of amides is 1. The average Bonchev–Trinajstić information content (AvgIpc) is 2.41. The Bertz CT molecular complexity index is 451. The van der Waals surface area contributed by atoms with Gasteiger partial charge in [-0.15, -0.1) is 11.6 Å². The van der Waals surface area contributed by atoms with Gasteiger partial charge in [0.15, 0.2) is 0 Å². The fourth-order valence-electron chi connectivity index (χ4n) is 1.99. The third kappa shape index (κ3) is 2.79. The van der Waals surface area contributed by atoms with Gasteiger partial charge in [0.25, 0.3) is 5.91 Å². The van der Waals surface area contributed by atoms with Crippen molar-refractivity contribution in [1.29, 1.82) is 0 Å². The largest absolute Gasteiger partial charge is 0.377 e. The van der Waals surface area contributed by atoms with Crippen molar-refractivity contribution in [1.82, 2.24) is 4.90 Å². The minimum absolute atomic E-state index is 0.0104. The number of ether oxygens (including phenoxy) is 1. The molecule has 1 aliphatic rings. The van der Waals surface area contributed by atoms with E-state index in [2.05, 4.69) is 0 Å². The second-order valence-corrected chi connectivity index (χ2v) is 5.06. The van der Waals surface area contributed by atoms with Crippen molar-refractivity contribution in [2.75, 3.05) is 25.6 Å². The number of rotatable bonds is 2. The number of aryl methyl sites for hydroxylation is 1. The summed E-state index contributed by atoms with van der Waals surface area (Å²) in [4.78, 5) is 14.2. The maximum absolute atomic E-state index is 12.4. The summed E-state index contributed by atoms with van der Waals surface area (Å²) in [6, 6.07) is 5.26. The number of hydrogen-bond acceptors (Lipinski definition) is 2.